The number of amides is 1. The van der Waals surface area contributed by atoms with Crippen molar-refractivity contribution >= 4 is 17.0 Å². The van der Waals surface area contributed by atoms with Gasteiger partial charge in [0, 0.05) is 18.5 Å². The van der Waals surface area contributed by atoms with Crippen molar-refractivity contribution in [2.24, 2.45) is 23.2 Å². The molecule has 4 aliphatic carbocycles. The van der Waals surface area contributed by atoms with Crippen LogP contribution in [0.4, 0.5) is 0 Å². The summed E-state index contributed by atoms with van der Waals surface area (Å²) in [5.41, 5.74) is 3.80. The van der Waals surface area contributed by atoms with Crippen LogP contribution >= 0.6 is 0 Å². The van der Waals surface area contributed by atoms with Crippen LogP contribution in [-0.2, 0) is 6.42 Å². The predicted molar refractivity (Wildman–Crippen MR) is 121 cm³/mol. The molecule has 0 radical (unpaired) electrons. The number of carbonyl (C=O) groups excluding carboxylic acids is 1. The zero-order valence-corrected chi connectivity index (χ0v) is 18.0. The number of hydrogen-bond donors (Lipinski definition) is 1. The van der Waals surface area contributed by atoms with Gasteiger partial charge in [0.15, 0.2) is 11.5 Å². The molecular weight excluding hydrogens is 384 g/mol. The summed E-state index contributed by atoms with van der Waals surface area (Å²) < 4.78 is 5.94. The largest absolute Gasteiger partial charge is 0.440 e. The molecule has 0 saturated heterocycles. The molecule has 1 aromatic heterocycles. The van der Waals surface area contributed by atoms with Crippen LogP contribution < -0.4 is 5.32 Å². The number of benzene rings is 2. The second kappa shape index (κ2) is 7.51. The molecule has 3 aromatic rings. The van der Waals surface area contributed by atoms with Crippen LogP contribution in [0.5, 0.6) is 0 Å². The lowest BCUT2D eigenvalue weighted by Gasteiger charge is -2.57. The highest BCUT2D eigenvalue weighted by Crippen LogP contribution is 2.61. The first-order valence-electron chi connectivity index (χ1n) is 11.9. The molecule has 4 saturated carbocycles. The Morgan fingerprint density at radius 3 is 2.42 bits per heavy atom. The molecule has 0 unspecified atom stereocenters. The molecule has 1 heterocycles. The third kappa shape index (κ3) is 3.77. The van der Waals surface area contributed by atoms with Crippen LogP contribution in [0.1, 0.15) is 66.8 Å². The van der Waals surface area contributed by atoms with E-state index in [1.807, 2.05) is 36.4 Å². The van der Waals surface area contributed by atoms with Gasteiger partial charge in [-0.05, 0) is 91.9 Å². The Hall–Kier alpha value is -2.62. The summed E-state index contributed by atoms with van der Waals surface area (Å²) in [5.74, 6) is 3.55. The maximum atomic E-state index is 12.8. The lowest BCUT2D eigenvalue weighted by molar-refractivity contribution is -0.0564. The minimum absolute atomic E-state index is 0.00682. The maximum Gasteiger partial charge on any atom is 0.251 e. The van der Waals surface area contributed by atoms with E-state index >= 15 is 0 Å². The Kier molecular flexibility index (Phi) is 4.62. The number of carbonyl (C=O) groups is 1. The fraction of sp³-hybridized carbons (Fsp3) is 0.481. The summed E-state index contributed by atoms with van der Waals surface area (Å²) in [4.78, 5) is 17.4. The van der Waals surface area contributed by atoms with E-state index in [0.29, 0.717) is 28.9 Å². The zero-order valence-electron chi connectivity index (χ0n) is 18.0. The third-order valence-corrected chi connectivity index (χ3v) is 8.00. The highest BCUT2D eigenvalue weighted by Gasteiger charge is 2.50. The van der Waals surface area contributed by atoms with Crippen LogP contribution in [0.25, 0.3) is 11.1 Å². The Balaban J connectivity index is 1.10. The first kappa shape index (κ1) is 19.1. The van der Waals surface area contributed by atoms with Gasteiger partial charge in [-0.2, -0.15) is 0 Å². The summed E-state index contributed by atoms with van der Waals surface area (Å²) in [6.45, 7) is 0.776. The Morgan fingerprint density at radius 2 is 1.71 bits per heavy atom. The number of hydrogen-bond acceptors (Lipinski definition) is 3. The predicted octanol–water partition coefficient (Wildman–Crippen LogP) is 5.75. The SMILES string of the molecule is O=C(NCCC12CC3CC(CC(C3)C1)C2)c1ccc2nc(Cc3ccccc3)oc2c1. The number of nitrogens with one attached hydrogen (secondary N) is 1. The minimum Gasteiger partial charge on any atom is -0.440 e. The highest BCUT2D eigenvalue weighted by molar-refractivity contribution is 5.97. The van der Waals surface area contributed by atoms with E-state index in [1.54, 1.807) is 0 Å². The lowest BCUT2D eigenvalue weighted by Crippen LogP contribution is -2.47. The normalized spacial score (nSPS) is 28.8. The molecule has 4 heteroatoms. The van der Waals surface area contributed by atoms with Crippen molar-refractivity contribution in [2.45, 2.75) is 51.4 Å². The summed E-state index contributed by atoms with van der Waals surface area (Å²) in [6, 6.07) is 15.8. The third-order valence-electron chi connectivity index (χ3n) is 8.00. The van der Waals surface area contributed by atoms with Crippen molar-refractivity contribution in [3.8, 4) is 0 Å². The van der Waals surface area contributed by atoms with Gasteiger partial charge in [0.2, 0.25) is 0 Å². The molecule has 2 aromatic carbocycles. The molecule has 31 heavy (non-hydrogen) atoms. The van der Waals surface area contributed by atoms with Crippen LogP contribution in [-0.4, -0.2) is 17.4 Å². The van der Waals surface area contributed by atoms with Crippen LogP contribution in [0.3, 0.4) is 0 Å². The molecule has 160 valence electrons. The molecule has 4 bridgehead atoms. The van der Waals surface area contributed by atoms with Crippen molar-refractivity contribution in [3.05, 3.63) is 65.5 Å². The Bertz CT molecular complexity index is 1070. The van der Waals surface area contributed by atoms with Gasteiger partial charge in [-0.25, -0.2) is 4.98 Å². The summed E-state index contributed by atoms with van der Waals surface area (Å²) in [6.07, 6.45) is 10.4. The molecule has 4 nitrogen and oxygen atoms in total. The van der Waals surface area contributed by atoms with Crippen LogP contribution in [0.15, 0.2) is 52.9 Å². The summed E-state index contributed by atoms with van der Waals surface area (Å²) in [5, 5.41) is 3.18. The molecule has 1 amide bonds. The quantitative estimate of drug-likeness (QED) is 0.558. The van der Waals surface area contributed by atoms with Gasteiger partial charge in [0.1, 0.15) is 5.52 Å². The van der Waals surface area contributed by atoms with Gasteiger partial charge < -0.3 is 9.73 Å². The Morgan fingerprint density at radius 1 is 1.00 bits per heavy atom. The average Bonchev–Trinajstić information content (AvgIpc) is 3.14. The topological polar surface area (TPSA) is 55.1 Å². The van der Waals surface area contributed by atoms with E-state index in [4.69, 9.17) is 4.42 Å². The fourth-order valence-corrected chi connectivity index (χ4v) is 7.10. The molecule has 0 aliphatic heterocycles. The van der Waals surface area contributed by atoms with E-state index in [-0.39, 0.29) is 5.91 Å². The smallest absolute Gasteiger partial charge is 0.251 e. The van der Waals surface area contributed by atoms with Crippen LogP contribution in [0.2, 0.25) is 0 Å². The first-order chi connectivity index (χ1) is 15.1. The standard InChI is InChI=1S/C27H30N2O2/c30-26(28-9-8-27-15-19-10-20(16-27)12-21(11-19)17-27)22-6-7-23-24(14-22)31-25(29-23)13-18-4-2-1-3-5-18/h1-7,14,19-21H,8-13,15-17H2,(H,28,30). The molecule has 1 N–H and O–H groups in total. The van der Waals surface area contributed by atoms with Gasteiger partial charge in [-0.1, -0.05) is 30.3 Å². The second-order valence-corrected chi connectivity index (χ2v) is 10.4. The van der Waals surface area contributed by atoms with E-state index in [9.17, 15) is 4.79 Å². The van der Waals surface area contributed by atoms with Gasteiger partial charge >= 0.3 is 0 Å². The van der Waals surface area contributed by atoms with Crippen molar-refractivity contribution < 1.29 is 9.21 Å². The van der Waals surface area contributed by atoms with Gasteiger partial charge in [-0.3, -0.25) is 4.79 Å². The van der Waals surface area contributed by atoms with E-state index in [0.717, 1.165) is 41.8 Å². The number of fused-ring (bicyclic) bond motifs is 1. The van der Waals surface area contributed by atoms with Crippen molar-refractivity contribution in [1.82, 2.24) is 10.3 Å². The number of aromatic nitrogens is 1. The first-order valence-corrected chi connectivity index (χ1v) is 11.9. The molecule has 4 aliphatic rings. The minimum atomic E-state index is -0.00682. The van der Waals surface area contributed by atoms with E-state index in [2.05, 4.69) is 22.4 Å². The fourth-order valence-electron chi connectivity index (χ4n) is 7.10. The molecular formula is C27H30N2O2. The molecule has 0 atom stereocenters. The Labute approximate surface area is 183 Å². The van der Waals surface area contributed by atoms with Gasteiger partial charge in [-0.15, -0.1) is 0 Å². The maximum absolute atomic E-state index is 12.8. The number of rotatable bonds is 6. The van der Waals surface area contributed by atoms with E-state index < -0.39 is 0 Å². The monoisotopic (exact) mass is 414 g/mol. The summed E-state index contributed by atoms with van der Waals surface area (Å²) >= 11 is 0. The number of oxazole rings is 1. The summed E-state index contributed by atoms with van der Waals surface area (Å²) in [7, 11) is 0. The lowest BCUT2D eigenvalue weighted by atomic mass is 9.49. The molecule has 0 spiro atoms. The highest BCUT2D eigenvalue weighted by atomic mass is 16.3. The van der Waals surface area contributed by atoms with Crippen molar-refractivity contribution in [3.63, 3.8) is 0 Å². The number of nitrogens with zero attached hydrogens (tertiary/aromatic N) is 1. The molecule has 7 rings (SSSR count). The van der Waals surface area contributed by atoms with Gasteiger partial charge in [0.25, 0.3) is 5.91 Å². The van der Waals surface area contributed by atoms with Crippen LogP contribution in [0, 0.1) is 23.2 Å². The van der Waals surface area contributed by atoms with Crippen molar-refractivity contribution in [2.75, 3.05) is 6.54 Å². The van der Waals surface area contributed by atoms with Crippen molar-refractivity contribution in [1.29, 1.82) is 0 Å². The van der Waals surface area contributed by atoms with Gasteiger partial charge in [0.05, 0.1) is 0 Å². The zero-order chi connectivity index (χ0) is 20.8. The van der Waals surface area contributed by atoms with E-state index in [1.165, 1.54) is 38.5 Å². The molecule has 4 fully saturated rings. The second-order valence-electron chi connectivity index (χ2n) is 10.4. The average molecular weight is 415 g/mol.